The molecule has 2 atom stereocenters. The lowest BCUT2D eigenvalue weighted by molar-refractivity contribution is -0.115. The van der Waals surface area contributed by atoms with Crippen LogP contribution < -0.4 is 10.2 Å². The Morgan fingerprint density at radius 2 is 1.84 bits per heavy atom. The van der Waals surface area contributed by atoms with Gasteiger partial charge in [-0.05, 0) is 38.1 Å². The fraction of sp³-hybridized carbons (Fsp3) is 0.533. The lowest BCUT2D eigenvalue weighted by Crippen LogP contribution is -2.45. The average Bonchev–Trinajstić information content (AvgIpc) is 2.38. The first-order valence-corrected chi connectivity index (χ1v) is 6.88. The summed E-state index contributed by atoms with van der Waals surface area (Å²) in [4.78, 5) is 13.6. The average molecular weight is 262 g/mol. The summed E-state index contributed by atoms with van der Waals surface area (Å²) in [6.07, 6.45) is 1.01. The fourth-order valence-electron chi connectivity index (χ4n) is 2.39. The number of hydrogen-bond acceptors (Lipinski definition) is 3. The van der Waals surface area contributed by atoms with Gasteiger partial charge in [0, 0.05) is 30.9 Å². The molecule has 0 aliphatic carbocycles. The largest absolute Gasteiger partial charge is 0.372 e. The highest BCUT2D eigenvalue weighted by Gasteiger charge is 2.22. The molecule has 19 heavy (non-hydrogen) atoms. The van der Waals surface area contributed by atoms with E-state index in [4.69, 9.17) is 4.74 Å². The molecule has 2 rings (SSSR count). The molecule has 1 aromatic rings. The number of ether oxygens (including phenoxy) is 1. The number of anilines is 2. The molecule has 1 heterocycles. The van der Waals surface area contributed by atoms with Gasteiger partial charge in [-0.15, -0.1) is 0 Å². The van der Waals surface area contributed by atoms with E-state index >= 15 is 0 Å². The van der Waals surface area contributed by atoms with Gasteiger partial charge in [-0.25, -0.2) is 0 Å². The van der Waals surface area contributed by atoms with E-state index in [1.165, 1.54) is 5.69 Å². The van der Waals surface area contributed by atoms with E-state index < -0.39 is 0 Å². The number of benzene rings is 1. The van der Waals surface area contributed by atoms with Gasteiger partial charge in [-0.3, -0.25) is 4.79 Å². The lowest BCUT2D eigenvalue weighted by Gasteiger charge is -2.36. The van der Waals surface area contributed by atoms with Crippen molar-refractivity contribution >= 4 is 17.3 Å². The normalized spacial score (nSPS) is 23.2. The van der Waals surface area contributed by atoms with Gasteiger partial charge >= 0.3 is 0 Å². The summed E-state index contributed by atoms with van der Waals surface area (Å²) in [6, 6.07) is 8.01. The third-order valence-electron chi connectivity index (χ3n) is 3.26. The second kappa shape index (κ2) is 6.06. The maximum absolute atomic E-state index is 11.3. The van der Waals surface area contributed by atoms with E-state index in [0.29, 0.717) is 6.42 Å². The smallest absolute Gasteiger partial charge is 0.224 e. The van der Waals surface area contributed by atoms with Gasteiger partial charge in [0.1, 0.15) is 0 Å². The zero-order valence-electron chi connectivity index (χ0n) is 11.8. The van der Waals surface area contributed by atoms with Crippen LogP contribution in [0.25, 0.3) is 0 Å². The molecule has 1 aliphatic heterocycles. The number of morpholine rings is 1. The van der Waals surface area contributed by atoms with Gasteiger partial charge in [0.05, 0.1) is 12.2 Å². The Kier molecular flexibility index (Phi) is 4.43. The van der Waals surface area contributed by atoms with Crippen LogP contribution in [0.15, 0.2) is 24.3 Å². The van der Waals surface area contributed by atoms with Gasteiger partial charge in [0.2, 0.25) is 5.91 Å². The second-order valence-electron chi connectivity index (χ2n) is 5.11. The molecule has 4 nitrogen and oxygen atoms in total. The molecule has 1 aromatic carbocycles. The Hall–Kier alpha value is -1.55. The van der Waals surface area contributed by atoms with E-state index in [-0.39, 0.29) is 18.1 Å². The van der Waals surface area contributed by atoms with Crippen molar-refractivity contribution in [3.8, 4) is 0 Å². The Morgan fingerprint density at radius 1 is 1.26 bits per heavy atom. The van der Waals surface area contributed by atoms with E-state index in [1.807, 2.05) is 19.1 Å². The summed E-state index contributed by atoms with van der Waals surface area (Å²) in [5.74, 6) is 0.0429. The number of nitrogens with one attached hydrogen (secondary N) is 1. The van der Waals surface area contributed by atoms with Crippen LogP contribution in [0, 0.1) is 0 Å². The van der Waals surface area contributed by atoms with Crippen molar-refractivity contribution in [2.45, 2.75) is 39.4 Å². The van der Waals surface area contributed by atoms with E-state index in [0.717, 1.165) is 18.8 Å². The first-order chi connectivity index (χ1) is 9.08. The summed E-state index contributed by atoms with van der Waals surface area (Å²) < 4.78 is 5.73. The molecule has 0 radical (unpaired) electrons. The van der Waals surface area contributed by atoms with Gasteiger partial charge in [0.25, 0.3) is 0 Å². The molecule has 1 amide bonds. The van der Waals surface area contributed by atoms with Crippen molar-refractivity contribution in [1.82, 2.24) is 0 Å². The van der Waals surface area contributed by atoms with Crippen molar-refractivity contribution in [1.29, 1.82) is 0 Å². The topological polar surface area (TPSA) is 41.6 Å². The van der Waals surface area contributed by atoms with Crippen LogP contribution in [0.1, 0.15) is 27.2 Å². The molecule has 0 spiro atoms. The molecule has 0 aromatic heterocycles. The van der Waals surface area contributed by atoms with E-state index in [2.05, 4.69) is 36.2 Å². The van der Waals surface area contributed by atoms with Crippen LogP contribution in [0.4, 0.5) is 11.4 Å². The van der Waals surface area contributed by atoms with Crippen LogP contribution in [0.3, 0.4) is 0 Å². The predicted molar refractivity (Wildman–Crippen MR) is 77.6 cm³/mol. The minimum Gasteiger partial charge on any atom is -0.372 e. The van der Waals surface area contributed by atoms with Crippen LogP contribution >= 0.6 is 0 Å². The highest BCUT2D eigenvalue weighted by molar-refractivity contribution is 5.90. The Labute approximate surface area is 114 Å². The maximum atomic E-state index is 11.3. The molecule has 1 saturated heterocycles. The molecular formula is C15H22N2O2. The first kappa shape index (κ1) is 13.9. The van der Waals surface area contributed by atoms with Crippen molar-refractivity contribution in [3.63, 3.8) is 0 Å². The second-order valence-corrected chi connectivity index (χ2v) is 5.11. The number of carbonyl (C=O) groups is 1. The van der Waals surface area contributed by atoms with E-state index in [9.17, 15) is 4.79 Å². The first-order valence-electron chi connectivity index (χ1n) is 6.88. The third kappa shape index (κ3) is 3.70. The fourth-order valence-corrected chi connectivity index (χ4v) is 2.39. The molecule has 4 heteroatoms. The number of nitrogens with zero attached hydrogens (tertiary/aromatic N) is 1. The summed E-state index contributed by atoms with van der Waals surface area (Å²) in [5, 5.41) is 2.86. The Bertz CT molecular complexity index is 420. The molecule has 104 valence electrons. The Balaban J connectivity index is 2.03. The molecule has 0 saturated carbocycles. The maximum Gasteiger partial charge on any atom is 0.224 e. The van der Waals surface area contributed by atoms with Crippen LogP contribution in [0.5, 0.6) is 0 Å². The standard InChI is InChI=1S/C15H22N2O2/c1-4-15(18)16-13-5-7-14(8-6-13)17-9-11(2)19-12(3)10-17/h5-8,11-12H,4,9-10H2,1-3H3,(H,16,18)/t11-,12-/m1/s1. The summed E-state index contributed by atoms with van der Waals surface area (Å²) in [7, 11) is 0. The zero-order chi connectivity index (χ0) is 13.8. The molecule has 1 N–H and O–H groups in total. The zero-order valence-corrected chi connectivity index (χ0v) is 11.8. The van der Waals surface area contributed by atoms with Gasteiger partial charge in [0.15, 0.2) is 0 Å². The van der Waals surface area contributed by atoms with Crippen LogP contribution in [-0.2, 0) is 9.53 Å². The predicted octanol–water partition coefficient (Wildman–Crippen LogP) is 2.65. The number of hydrogen-bond donors (Lipinski definition) is 1. The summed E-state index contributed by atoms with van der Waals surface area (Å²) in [5.41, 5.74) is 2.03. The molecule has 1 fully saturated rings. The third-order valence-corrected chi connectivity index (χ3v) is 3.26. The lowest BCUT2D eigenvalue weighted by atomic mass is 10.2. The molecular weight excluding hydrogens is 240 g/mol. The molecule has 0 bridgehead atoms. The van der Waals surface area contributed by atoms with Gasteiger partial charge in [-0.2, -0.15) is 0 Å². The van der Waals surface area contributed by atoms with Gasteiger partial charge in [-0.1, -0.05) is 6.92 Å². The number of rotatable bonds is 3. The quantitative estimate of drug-likeness (QED) is 0.910. The van der Waals surface area contributed by atoms with Crippen LogP contribution in [0.2, 0.25) is 0 Å². The highest BCUT2D eigenvalue weighted by Crippen LogP contribution is 2.22. The molecule has 0 unspecified atom stereocenters. The minimum atomic E-state index is 0.0429. The van der Waals surface area contributed by atoms with Crippen molar-refractivity contribution in [3.05, 3.63) is 24.3 Å². The van der Waals surface area contributed by atoms with Gasteiger partial charge < -0.3 is 15.0 Å². The number of carbonyl (C=O) groups excluding carboxylic acids is 1. The molecule has 1 aliphatic rings. The van der Waals surface area contributed by atoms with Crippen molar-refractivity contribution in [2.24, 2.45) is 0 Å². The summed E-state index contributed by atoms with van der Waals surface area (Å²) >= 11 is 0. The van der Waals surface area contributed by atoms with Crippen molar-refractivity contribution in [2.75, 3.05) is 23.3 Å². The van der Waals surface area contributed by atoms with Crippen molar-refractivity contribution < 1.29 is 9.53 Å². The minimum absolute atomic E-state index is 0.0429. The SMILES string of the molecule is CCC(=O)Nc1ccc(N2C[C@@H](C)O[C@H](C)C2)cc1. The van der Waals surface area contributed by atoms with E-state index in [1.54, 1.807) is 0 Å². The monoisotopic (exact) mass is 262 g/mol. The Morgan fingerprint density at radius 3 is 2.37 bits per heavy atom. The number of amides is 1. The highest BCUT2D eigenvalue weighted by atomic mass is 16.5. The van der Waals surface area contributed by atoms with Crippen LogP contribution in [-0.4, -0.2) is 31.2 Å². The summed E-state index contributed by atoms with van der Waals surface area (Å²) in [6.45, 7) is 7.85.